The highest BCUT2D eigenvalue weighted by Crippen LogP contribution is 2.09. The topological polar surface area (TPSA) is 46.3 Å². The van der Waals surface area contributed by atoms with Gasteiger partial charge < -0.3 is 10.6 Å². The summed E-state index contributed by atoms with van der Waals surface area (Å²) < 4.78 is 0. The first-order valence-corrected chi connectivity index (χ1v) is 5.65. The molecule has 1 aliphatic heterocycles. The molecule has 0 aromatic heterocycles. The first-order chi connectivity index (χ1) is 5.74. The lowest BCUT2D eigenvalue weighted by atomic mass is 10.1. The number of carbonyl (C=O) groups excluding carboxylic acids is 1. The SMILES string of the molecule is CSCC(=O)N1CCC[C@@H](N)C1. The van der Waals surface area contributed by atoms with E-state index in [-0.39, 0.29) is 11.9 Å². The van der Waals surface area contributed by atoms with Crippen molar-refractivity contribution in [3.63, 3.8) is 0 Å². The van der Waals surface area contributed by atoms with Gasteiger partial charge in [0.15, 0.2) is 0 Å². The van der Waals surface area contributed by atoms with Crippen LogP contribution in [0, 0.1) is 0 Å². The molecular formula is C8H16N2OS. The van der Waals surface area contributed by atoms with Gasteiger partial charge in [0.05, 0.1) is 5.75 Å². The maximum atomic E-state index is 11.4. The summed E-state index contributed by atoms with van der Waals surface area (Å²) in [5.74, 6) is 0.824. The molecule has 1 saturated heterocycles. The van der Waals surface area contributed by atoms with E-state index in [9.17, 15) is 4.79 Å². The van der Waals surface area contributed by atoms with E-state index in [1.165, 1.54) is 0 Å². The zero-order chi connectivity index (χ0) is 8.97. The molecule has 70 valence electrons. The second-order valence-corrected chi connectivity index (χ2v) is 4.04. The highest BCUT2D eigenvalue weighted by molar-refractivity contribution is 7.99. The molecule has 0 spiro atoms. The molecule has 1 amide bonds. The molecule has 12 heavy (non-hydrogen) atoms. The number of hydrogen-bond acceptors (Lipinski definition) is 3. The Morgan fingerprint density at radius 3 is 3.08 bits per heavy atom. The molecular weight excluding hydrogens is 172 g/mol. The summed E-state index contributed by atoms with van der Waals surface area (Å²) in [7, 11) is 0. The maximum Gasteiger partial charge on any atom is 0.232 e. The highest BCUT2D eigenvalue weighted by Gasteiger charge is 2.20. The van der Waals surface area contributed by atoms with E-state index in [1.807, 2.05) is 11.2 Å². The van der Waals surface area contributed by atoms with Crippen molar-refractivity contribution in [3.05, 3.63) is 0 Å². The third kappa shape index (κ3) is 2.68. The van der Waals surface area contributed by atoms with Crippen molar-refractivity contribution in [3.8, 4) is 0 Å². The minimum absolute atomic E-state index is 0.199. The van der Waals surface area contributed by atoms with Crippen molar-refractivity contribution in [2.75, 3.05) is 25.1 Å². The summed E-state index contributed by atoms with van der Waals surface area (Å²) >= 11 is 1.57. The fraction of sp³-hybridized carbons (Fsp3) is 0.875. The minimum atomic E-state index is 0.199. The van der Waals surface area contributed by atoms with E-state index in [4.69, 9.17) is 5.73 Å². The van der Waals surface area contributed by atoms with Crippen molar-refractivity contribution in [2.24, 2.45) is 5.73 Å². The predicted molar refractivity (Wildman–Crippen MR) is 52.2 cm³/mol. The number of amides is 1. The molecule has 0 aliphatic carbocycles. The molecule has 1 rings (SSSR count). The fourth-order valence-corrected chi connectivity index (χ4v) is 1.88. The number of nitrogens with two attached hydrogens (primary N) is 1. The number of carbonyl (C=O) groups is 1. The van der Waals surface area contributed by atoms with Crippen molar-refractivity contribution in [1.29, 1.82) is 0 Å². The fourth-order valence-electron chi connectivity index (χ4n) is 1.45. The smallest absolute Gasteiger partial charge is 0.232 e. The number of thioether (sulfide) groups is 1. The zero-order valence-electron chi connectivity index (χ0n) is 7.45. The number of nitrogens with zero attached hydrogens (tertiary/aromatic N) is 1. The van der Waals surface area contributed by atoms with Crippen LogP contribution in [0.4, 0.5) is 0 Å². The summed E-state index contributed by atoms with van der Waals surface area (Å²) in [6, 6.07) is 0.199. The molecule has 0 bridgehead atoms. The Morgan fingerprint density at radius 2 is 2.50 bits per heavy atom. The van der Waals surface area contributed by atoms with Crippen LogP contribution in [-0.2, 0) is 4.79 Å². The maximum absolute atomic E-state index is 11.4. The second-order valence-electron chi connectivity index (χ2n) is 3.18. The quantitative estimate of drug-likeness (QED) is 0.678. The molecule has 0 radical (unpaired) electrons. The Hall–Kier alpha value is -0.220. The number of rotatable bonds is 2. The number of piperidine rings is 1. The van der Waals surface area contributed by atoms with Crippen LogP contribution < -0.4 is 5.73 Å². The Kier molecular flexibility index (Phi) is 3.88. The van der Waals surface area contributed by atoms with Gasteiger partial charge in [-0.15, -0.1) is 0 Å². The third-order valence-corrected chi connectivity index (χ3v) is 2.61. The van der Waals surface area contributed by atoms with Crippen LogP contribution in [0.2, 0.25) is 0 Å². The summed E-state index contributed by atoms with van der Waals surface area (Å²) in [5.41, 5.74) is 5.76. The molecule has 0 saturated carbocycles. The van der Waals surface area contributed by atoms with Gasteiger partial charge in [0, 0.05) is 19.1 Å². The average Bonchev–Trinajstić information content (AvgIpc) is 2.05. The number of likely N-dealkylation sites (tertiary alicyclic amines) is 1. The molecule has 1 fully saturated rings. The lowest BCUT2D eigenvalue weighted by Crippen LogP contribution is -2.46. The Labute approximate surface area is 77.7 Å². The summed E-state index contributed by atoms with van der Waals surface area (Å²) in [6.45, 7) is 1.65. The van der Waals surface area contributed by atoms with Gasteiger partial charge in [0.25, 0.3) is 0 Å². The molecule has 1 heterocycles. The predicted octanol–water partition coefficient (Wildman–Crippen LogP) is 0.299. The molecule has 1 atom stereocenters. The van der Waals surface area contributed by atoms with E-state index >= 15 is 0 Å². The van der Waals surface area contributed by atoms with E-state index in [1.54, 1.807) is 11.8 Å². The molecule has 2 N–H and O–H groups in total. The van der Waals surface area contributed by atoms with Gasteiger partial charge in [-0.05, 0) is 19.1 Å². The molecule has 4 heteroatoms. The molecule has 1 aliphatic rings. The van der Waals surface area contributed by atoms with Gasteiger partial charge >= 0.3 is 0 Å². The Bertz CT molecular complexity index is 163. The van der Waals surface area contributed by atoms with E-state index in [0.29, 0.717) is 5.75 Å². The summed E-state index contributed by atoms with van der Waals surface area (Å²) in [4.78, 5) is 13.3. The van der Waals surface area contributed by atoms with E-state index < -0.39 is 0 Å². The second kappa shape index (κ2) is 4.72. The molecule has 0 aromatic rings. The van der Waals surface area contributed by atoms with Gasteiger partial charge in [0.1, 0.15) is 0 Å². The van der Waals surface area contributed by atoms with Crippen LogP contribution in [-0.4, -0.2) is 41.9 Å². The summed E-state index contributed by atoms with van der Waals surface area (Å²) in [5, 5.41) is 0. The van der Waals surface area contributed by atoms with Gasteiger partial charge in [-0.2, -0.15) is 11.8 Å². The van der Waals surface area contributed by atoms with Crippen LogP contribution >= 0.6 is 11.8 Å². The average molecular weight is 188 g/mol. The van der Waals surface area contributed by atoms with Crippen LogP contribution in [0.25, 0.3) is 0 Å². The standard InChI is InChI=1S/C8H16N2OS/c1-12-6-8(11)10-4-2-3-7(9)5-10/h7H,2-6,9H2,1H3/t7-/m1/s1. The zero-order valence-corrected chi connectivity index (χ0v) is 8.27. The van der Waals surface area contributed by atoms with Crippen molar-refractivity contribution >= 4 is 17.7 Å². The third-order valence-electron chi connectivity index (χ3n) is 2.08. The molecule has 0 aromatic carbocycles. The van der Waals surface area contributed by atoms with Crippen molar-refractivity contribution in [1.82, 2.24) is 4.90 Å². The van der Waals surface area contributed by atoms with Gasteiger partial charge in [0.2, 0.25) is 5.91 Å². The van der Waals surface area contributed by atoms with Crippen LogP contribution in [0.3, 0.4) is 0 Å². The molecule has 0 unspecified atom stereocenters. The monoisotopic (exact) mass is 188 g/mol. The molecule has 3 nitrogen and oxygen atoms in total. The van der Waals surface area contributed by atoms with Crippen LogP contribution in [0.1, 0.15) is 12.8 Å². The normalized spacial score (nSPS) is 24.2. The highest BCUT2D eigenvalue weighted by atomic mass is 32.2. The van der Waals surface area contributed by atoms with Gasteiger partial charge in [-0.25, -0.2) is 0 Å². The largest absolute Gasteiger partial charge is 0.340 e. The van der Waals surface area contributed by atoms with Crippen LogP contribution in [0.15, 0.2) is 0 Å². The first-order valence-electron chi connectivity index (χ1n) is 4.26. The van der Waals surface area contributed by atoms with Crippen molar-refractivity contribution in [2.45, 2.75) is 18.9 Å². The number of hydrogen-bond donors (Lipinski definition) is 1. The summed E-state index contributed by atoms with van der Waals surface area (Å²) in [6.07, 6.45) is 4.06. The van der Waals surface area contributed by atoms with E-state index in [2.05, 4.69) is 0 Å². The van der Waals surface area contributed by atoms with Gasteiger partial charge in [-0.1, -0.05) is 0 Å². The Morgan fingerprint density at radius 1 is 1.75 bits per heavy atom. The van der Waals surface area contributed by atoms with Crippen molar-refractivity contribution < 1.29 is 4.79 Å². The van der Waals surface area contributed by atoms with Crippen LogP contribution in [0.5, 0.6) is 0 Å². The van der Waals surface area contributed by atoms with Gasteiger partial charge in [-0.3, -0.25) is 4.79 Å². The van der Waals surface area contributed by atoms with E-state index in [0.717, 1.165) is 25.9 Å². The lowest BCUT2D eigenvalue weighted by Gasteiger charge is -2.30. The Balaban J connectivity index is 2.35. The first kappa shape index (κ1) is 9.86. The lowest BCUT2D eigenvalue weighted by molar-refractivity contribution is -0.129. The minimum Gasteiger partial charge on any atom is -0.340 e.